The van der Waals surface area contributed by atoms with Crippen molar-refractivity contribution < 1.29 is 5.11 Å². The van der Waals surface area contributed by atoms with Crippen molar-refractivity contribution in [2.45, 2.75) is 13.0 Å². The molecule has 1 N–H and O–H groups in total. The van der Waals surface area contributed by atoms with E-state index in [2.05, 4.69) is 21.8 Å². The van der Waals surface area contributed by atoms with E-state index in [0.29, 0.717) is 0 Å². The monoisotopic (exact) mass is 221 g/mol. The van der Waals surface area contributed by atoms with Gasteiger partial charge in [0.2, 0.25) is 0 Å². The summed E-state index contributed by atoms with van der Waals surface area (Å²) >= 11 is 0. The lowest BCUT2D eigenvalue weighted by atomic mass is 10.1. The van der Waals surface area contributed by atoms with Crippen LogP contribution < -0.4 is 4.90 Å². The van der Waals surface area contributed by atoms with E-state index in [9.17, 15) is 5.11 Å². The fourth-order valence-corrected chi connectivity index (χ4v) is 2.02. The average Bonchev–Trinajstić information content (AvgIpc) is 2.30. The van der Waals surface area contributed by atoms with Crippen LogP contribution in [0.3, 0.4) is 0 Å². The summed E-state index contributed by atoms with van der Waals surface area (Å²) in [6.45, 7) is 5.85. The third-order valence-corrected chi connectivity index (χ3v) is 3.07. The van der Waals surface area contributed by atoms with Crippen LogP contribution in [0.1, 0.15) is 18.6 Å². The fourth-order valence-electron chi connectivity index (χ4n) is 2.02. The normalized spacial score (nSPS) is 19.8. The predicted molar refractivity (Wildman–Crippen MR) is 64.6 cm³/mol. The van der Waals surface area contributed by atoms with Crippen molar-refractivity contribution in [1.29, 1.82) is 0 Å². The Bertz CT molecular complexity index is 346. The van der Waals surface area contributed by atoms with Gasteiger partial charge in [0.1, 0.15) is 5.82 Å². The second-order valence-corrected chi connectivity index (χ2v) is 4.38. The lowest BCUT2D eigenvalue weighted by Gasteiger charge is -2.34. The van der Waals surface area contributed by atoms with Crippen LogP contribution in [-0.4, -0.2) is 48.2 Å². The summed E-state index contributed by atoms with van der Waals surface area (Å²) in [5.74, 6) is 0.936. The Hall–Kier alpha value is -1.13. The van der Waals surface area contributed by atoms with Crippen LogP contribution in [0, 0.1) is 0 Å². The van der Waals surface area contributed by atoms with E-state index in [1.807, 2.05) is 12.1 Å². The topological polar surface area (TPSA) is 39.6 Å². The molecule has 1 unspecified atom stereocenters. The van der Waals surface area contributed by atoms with E-state index >= 15 is 0 Å². The SMILES string of the molecule is CC(O)c1cccnc1N1CCN(C)CC1. The summed E-state index contributed by atoms with van der Waals surface area (Å²) in [6, 6.07) is 3.83. The van der Waals surface area contributed by atoms with Gasteiger partial charge in [-0.2, -0.15) is 0 Å². The summed E-state index contributed by atoms with van der Waals surface area (Å²) < 4.78 is 0. The molecule has 1 aliphatic rings. The number of rotatable bonds is 2. The van der Waals surface area contributed by atoms with Gasteiger partial charge in [-0.15, -0.1) is 0 Å². The molecule has 88 valence electrons. The third kappa shape index (κ3) is 2.33. The van der Waals surface area contributed by atoms with E-state index in [-0.39, 0.29) is 0 Å². The van der Waals surface area contributed by atoms with E-state index < -0.39 is 6.10 Å². The second-order valence-electron chi connectivity index (χ2n) is 4.38. The van der Waals surface area contributed by atoms with E-state index in [0.717, 1.165) is 37.6 Å². The molecule has 1 atom stereocenters. The van der Waals surface area contributed by atoms with Gasteiger partial charge in [0, 0.05) is 37.9 Å². The number of pyridine rings is 1. The standard InChI is InChI=1S/C12H19N3O/c1-10(16)11-4-3-5-13-12(11)15-8-6-14(2)7-9-15/h3-5,10,16H,6-9H2,1-2H3. The number of aliphatic hydroxyl groups is 1. The Morgan fingerprint density at radius 1 is 1.31 bits per heavy atom. The van der Waals surface area contributed by atoms with Gasteiger partial charge in [-0.1, -0.05) is 6.07 Å². The maximum absolute atomic E-state index is 9.71. The zero-order valence-corrected chi connectivity index (χ0v) is 9.93. The highest BCUT2D eigenvalue weighted by atomic mass is 16.3. The Balaban J connectivity index is 2.19. The van der Waals surface area contributed by atoms with Crippen molar-refractivity contribution in [3.63, 3.8) is 0 Å². The van der Waals surface area contributed by atoms with Gasteiger partial charge in [0.25, 0.3) is 0 Å². The lowest BCUT2D eigenvalue weighted by molar-refractivity contribution is 0.199. The first-order valence-electron chi connectivity index (χ1n) is 5.75. The molecule has 1 aromatic rings. The number of hydrogen-bond acceptors (Lipinski definition) is 4. The molecule has 4 heteroatoms. The lowest BCUT2D eigenvalue weighted by Crippen LogP contribution is -2.45. The molecular formula is C12H19N3O. The molecule has 1 saturated heterocycles. The first-order chi connectivity index (χ1) is 7.68. The molecule has 1 aliphatic heterocycles. The van der Waals surface area contributed by atoms with Crippen molar-refractivity contribution >= 4 is 5.82 Å². The summed E-state index contributed by atoms with van der Waals surface area (Å²) in [5.41, 5.74) is 0.923. The average molecular weight is 221 g/mol. The highest BCUT2D eigenvalue weighted by molar-refractivity contribution is 5.48. The number of piperazine rings is 1. The molecule has 2 heterocycles. The third-order valence-electron chi connectivity index (χ3n) is 3.07. The van der Waals surface area contributed by atoms with Crippen molar-refractivity contribution in [2.24, 2.45) is 0 Å². The van der Waals surface area contributed by atoms with Crippen molar-refractivity contribution in [3.8, 4) is 0 Å². The number of hydrogen-bond donors (Lipinski definition) is 1. The summed E-state index contributed by atoms with van der Waals surface area (Å²) in [6.07, 6.45) is 1.34. The number of aromatic nitrogens is 1. The minimum atomic E-state index is -0.455. The number of anilines is 1. The molecule has 0 saturated carbocycles. The molecule has 0 spiro atoms. The zero-order valence-electron chi connectivity index (χ0n) is 9.93. The van der Waals surface area contributed by atoms with Crippen LogP contribution in [0.5, 0.6) is 0 Å². The molecule has 0 bridgehead atoms. The number of aliphatic hydroxyl groups excluding tert-OH is 1. The minimum absolute atomic E-state index is 0.455. The highest BCUT2D eigenvalue weighted by Gasteiger charge is 2.19. The predicted octanol–water partition coefficient (Wildman–Crippen LogP) is 0.887. The van der Waals surface area contributed by atoms with E-state index in [4.69, 9.17) is 0 Å². The van der Waals surface area contributed by atoms with Crippen LogP contribution in [0.4, 0.5) is 5.82 Å². The van der Waals surface area contributed by atoms with Gasteiger partial charge < -0.3 is 14.9 Å². The number of likely N-dealkylation sites (N-methyl/N-ethyl adjacent to an activating group) is 1. The van der Waals surface area contributed by atoms with Gasteiger partial charge >= 0.3 is 0 Å². The fraction of sp³-hybridized carbons (Fsp3) is 0.583. The second kappa shape index (κ2) is 4.80. The maximum atomic E-state index is 9.71. The maximum Gasteiger partial charge on any atom is 0.134 e. The Morgan fingerprint density at radius 2 is 2.00 bits per heavy atom. The quantitative estimate of drug-likeness (QED) is 0.805. The Labute approximate surface area is 96.5 Å². The zero-order chi connectivity index (χ0) is 11.5. The van der Waals surface area contributed by atoms with Crippen molar-refractivity contribution in [3.05, 3.63) is 23.9 Å². The molecule has 2 rings (SSSR count). The minimum Gasteiger partial charge on any atom is -0.389 e. The molecular weight excluding hydrogens is 202 g/mol. The van der Waals surface area contributed by atoms with Crippen LogP contribution in [-0.2, 0) is 0 Å². The van der Waals surface area contributed by atoms with Crippen molar-refractivity contribution in [1.82, 2.24) is 9.88 Å². The van der Waals surface area contributed by atoms with Gasteiger partial charge in [0.05, 0.1) is 6.10 Å². The van der Waals surface area contributed by atoms with Crippen molar-refractivity contribution in [2.75, 3.05) is 38.1 Å². The smallest absolute Gasteiger partial charge is 0.134 e. The molecule has 4 nitrogen and oxygen atoms in total. The Morgan fingerprint density at radius 3 is 2.62 bits per heavy atom. The van der Waals surface area contributed by atoms with E-state index in [1.165, 1.54) is 0 Å². The highest BCUT2D eigenvalue weighted by Crippen LogP contribution is 2.24. The summed E-state index contributed by atoms with van der Waals surface area (Å²) in [5, 5.41) is 9.71. The van der Waals surface area contributed by atoms with Gasteiger partial charge in [-0.25, -0.2) is 4.98 Å². The van der Waals surface area contributed by atoms with Gasteiger partial charge in [0.15, 0.2) is 0 Å². The van der Waals surface area contributed by atoms with Crippen LogP contribution in [0.25, 0.3) is 0 Å². The molecule has 1 fully saturated rings. The molecule has 0 aromatic carbocycles. The largest absolute Gasteiger partial charge is 0.389 e. The molecule has 0 amide bonds. The molecule has 1 aromatic heterocycles. The van der Waals surface area contributed by atoms with Gasteiger partial charge in [-0.05, 0) is 20.0 Å². The summed E-state index contributed by atoms with van der Waals surface area (Å²) in [7, 11) is 2.13. The number of nitrogens with zero attached hydrogens (tertiary/aromatic N) is 3. The Kier molecular flexibility index (Phi) is 3.41. The van der Waals surface area contributed by atoms with Crippen LogP contribution in [0.15, 0.2) is 18.3 Å². The van der Waals surface area contributed by atoms with Crippen LogP contribution in [0.2, 0.25) is 0 Å². The van der Waals surface area contributed by atoms with E-state index in [1.54, 1.807) is 13.1 Å². The first kappa shape index (κ1) is 11.4. The summed E-state index contributed by atoms with van der Waals surface area (Å²) in [4.78, 5) is 8.96. The first-order valence-corrected chi connectivity index (χ1v) is 5.75. The van der Waals surface area contributed by atoms with Crippen LogP contribution >= 0.6 is 0 Å². The van der Waals surface area contributed by atoms with Gasteiger partial charge in [-0.3, -0.25) is 0 Å². The molecule has 16 heavy (non-hydrogen) atoms. The molecule has 0 radical (unpaired) electrons. The molecule has 0 aliphatic carbocycles.